The number of benzene rings is 2. The second-order valence-corrected chi connectivity index (χ2v) is 7.16. The molecule has 1 N–H and O–H groups in total. The molecule has 1 heterocycles. The molecule has 0 saturated carbocycles. The number of nitrogens with zero attached hydrogens (tertiary/aromatic N) is 1. The number of nitrogens with one attached hydrogen (secondary N) is 1. The highest BCUT2D eigenvalue weighted by atomic mass is 32.1. The zero-order chi connectivity index (χ0) is 20.1. The number of carbonyl (C=O) groups is 2. The number of thiazole rings is 1. The fourth-order valence-electron chi connectivity index (χ4n) is 2.76. The lowest BCUT2D eigenvalue weighted by molar-refractivity contribution is 0.0596. The molecule has 0 aliphatic heterocycles. The summed E-state index contributed by atoms with van der Waals surface area (Å²) in [7, 11) is 1.28. The zero-order valence-corrected chi connectivity index (χ0v) is 16.3. The minimum atomic E-state index is -0.552. The van der Waals surface area contributed by atoms with E-state index in [4.69, 9.17) is 4.74 Å². The van der Waals surface area contributed by atoms with Gasteiger partial charge in [0.05, 0.1) is 23.9 Å². The first-order valence-corrected chi connectivity index (χ1v) is 9.49. The quantitative estimate of drug-likeness (QED) is 0.637. The van der Waals surface area contributed by atoms with Gasteiger partial charge < -0.3 is 10.1 Å². The molecule has 0 radical (unpaired) electrons. The van der Waals surface area contributed by atoms with Crippen LogP contribution in [0.3, 0.4) is 0 Å². The predicted octanol–water partition coefficient (Wildman–Crippen LogP) is 4.02. The van der Waals surface area contributed by atoms with E-state index in [0.29, 0.717) is 13.0 Å². The van der Waals surface area contributed by atoms with Gasteiger partial charge in [0, 0.05) is 23.4 Å². The molecular formula is C21H19FN2O3S. The van der Waals surface area contributed by atoms with Crippen LogP contribution in [-0.2, 0) is 11.2 Å². The van der Waals surface area contributed by atoms with Crippen LogP contribution in [0.15, 0.2) is 48.5 Å². The van der Waals surface area contributed by atoms with Crippen LogP contribution in [-0.4, -0.2) is 30.5 Å². The molecule has 3 aromatic rings. The van der Waals surface area contributed by atoms with Crippen LogP contribution in [0.1, 0.15) is 31.3 Å². The molecule has 0 atom stereocenters. The number of methoxy groups -OCH3 is 1. The number of hydrogen-bond donors (Lipinski definition) is 1. The number of esters is 1. The predicted molar refractivity (Wildman–Crippen MR) is 106 cm³/mol. The van der Waals surface area contributed by atoms with E-state index in [2.05, 4.69) is 10.3 Å². The van der Waals surface area contributed by atoms with E-state index in [1.165, 1.54) is 30.6 Å². The lowest BCUT2D eigenvalue weighted by Gasteiger charge is -2.08. The lowest BCUT2D eigenvalue weighted by atomic mass is 10.1. The van der Waals surface area contributed by atoms with Gasteiger partial charge in [-0.1, -0.05) is 24.3 Å². The van der Waals surface area contributed by atoms with E-state index >= 15 is 0 Å². The molecule has 0 aliphatic carbocycles. The van der Waals surface area contributed by atoms with Crippen molar-refractivity contribution >= 4 is 23.2 Å². The van der Waals surface area contributed by atoms with Gasteiger partial charge >= 0.3 is 5.97 Å². The Kier molecular flexibility index (Phi) is 6.16. The monoisotopic (exact) mass is 398 g/mol. The molecule has 0 spiro atoms. The van der Waals surface area contributed by atoms with Gasteiger partial charge in [-0.2, -0.15) is 0 Å². The molecule has 1 aromatic heterocycles. The summed E-state index contributed by atoms with van der Waals surface area (Å²) in [5.41, 5.74) is 2.09. The van der Waals surface area contributed by atoms with Crippen molar-refractivity contribution in [2.24, 2.45) is 0 Å². The number of hydrogen-bond acceptors (Lipinski definition) is 5. The van der Waals surface area contributed by atoms with Crippen molar-refractivity contribution in [2.45, 2.75) is 13.3 Å². The molecule has 144 valence electrons. The van der Waals surface area contributed by atoms with Gasteiger partial charge in [-0.05, 0) is 31.2 Å². The summed E-state index contributed by atoms with van der Waals surface area (Å²) >= 11 is 1.48. The van der Waals surface area contributed by atoms with Crippen LogP contribution in [0.5, 0.6) is 0 Å². The minimum Gasteiger partial charge on any atom is -0.465 e. The summed E-state index contributed by atoms with van der Waals surface area (Å²) in [4.78, 5) is 29.8. The van der Waals surface area contributed by atoms with Crippen LogP contribution in [0, 0.1) is 12.7 Å². The van der Waals surface area contributed by atoms with Gasteiger partial charge in [-0.15, -0.1) is 11.3 Å². The summed E-state index contributed by atoms with van der Waals surface area (Å²) in [5.74, 6) is -1.19. The minimum absolute atomic E-state index is 0.227. The summed E-state index contributed by atoms with van der Waals surface area (Å²) < 4.78 is 18.1. The number of carbonyl (C=O) groups excluding carboxylic acids is 2. The molecule has 0 unspecified atom stereocenters. The number of aromatic nitrogens is 1. The Morgan fingerprint density at radius 2 is 1.89 bits per heavy atom. The van der Waals surface area contributed by atoms with Crippen molar-refractivity contribution in [1.29, 1.82) is 0 Å². The highest BCUT2D eigenvalue weighted by Crippen LogP contribution is 2.28. The summed E-state index contributed by atoms with van der Waals surface area (Å²) in [5, 5.41) is 3.57. The third-order valence-electron chi connectivity index (χ3n) is 4.18. The summed E-state index contributed by atoms with van der Waals surface area (Å²) in [6, 6.07) is 12.8. The van der Waals surface area contributed by atoms with E-state index in [1.807, 2.05) is 13.0 Å². The second-order valence-electron chi connectivity index (χ2n) is 6.08. The number of rotatable bonds is 6. The van der Waals surface area contributed by atoms with Crippen LogP contribution in [0.25, 0.3) is 10.6 Å². The first kappa shape index (κ1) is 19.7. The normalized spacial score (nSPS) is 10.5. The van der Waals surface area contributed by atoms with E-state index < -0.39 is 5.97 Å². The van der Waals surface area contributed by atoms with Gasteiger partial charge in [0.15, 0.2) is 0 Å². The molecule has 1 amide bonds. The van der Waals surface area contributed by atoms with Crippen molar-refractivity contribution in [1.82, 2.24) is 10.3 Å². The van der Waals surface area contributed by atoms with E-state index in [0.717, 1.165) is 21.1 Å². The first-order chi connectivity index (χ1) is 13.5. The standard InChI is InChI=1S/C21H19FN2O3S/c1-13-18(28-20(24-13)14-6-5-7-15(22)12-14)10-11-23-19(25)16-8-3-4-9-17(16)21(26)27-2/h3-9,12H,10-11H2,1-2H3,(H,23,25). The number of aryl methyl sites for hydroxylation is 1. The van der Waals surface area contributed by atoms with Crippen molar-refractivity contribution in [3.63, 3.8) is 0 Å². The van der Waals surface area contributed by atoms with Gasteiger partial charge in [-0.25, -0.2) is 14.2 Å². The van der Waals surface area contributed by atoms with Crippen LogP contribution < -0.4 is 5.32 Å². The second kappa shape index (κ2) is 8.75. The Morgan fingerprint density at radius 3 is 2.61 bits per heavy atom. The highest BCUT2D eigenvalue weighted by Gasteiger charge is 2.17. The molecular weight excluding hydrogens is 379 g/mol. The Labute approximate surface area is 166 Å². The number of halogens is 1. The Hall–Kier alpha value is -3.06. The topological polar surface area (TPSA) is 68.3 Å². The van der Waals surface area contributed by atoms with E-state index in [1.54, 1.807) is 30.3 Å². The van der Waals surface area contributed by atoms with Crippen molar-refractivity contribution in [3.05, 3.63) is 76.0 Å². The van der Waals surface area contributed by atoms with Crippen molar-refractivity contribution < 1.29 is 18.7 Å². The maximum absolute atomic E-state index is 13.4. The Bertz CT molecular complexity index is 1020. The van der Waals surface area contributed by atoms with Gasteiger partial charge in [0.25, 0.3) is 5.91 Å². The molecule has 5 nitrogen and oxygen atoms in total. The van der Waals surface area contributed by atoms with Crippen LogP contribution in [0.2, 0.25) is 0 Å². The maximum Gasteiger partial charge on any atom is 0.338 e. The number of ether oxygens (including phenoxy) is 1. The number of amides is 1. The SMILES string of the molecule is COC(=O)c1ccccc1C(=O)NCCc1sc(-c2cccc(F)c2)nc1C. The molecule has 0 saturated heterocycles. The van der Waals surface area contributed by atoms with E-state index in [-0.39, 0.29) is 22.9 Å². The summed E-state index contributed by atoms with van der Waals surface area (Å²) in [6.07, 6.45) is 0.588. The molecule has 0 fully saturated rings. The molecule has 3 rings (SSSR count). The molecule has 0 bridgehead atoms. The van der Waals surface area contributed by atoms with E-state index in [9.17, 15) is 14.0 Å². The lowest BCUT2D eigenvalue weighted by Crippen LogP contribution is -2.27. The highest BCUT2D eigenvalue weighted by molar-refractivity contribution is 7.15. The zero-order valence-electron chi connectivity index (χ0n) is 15.5. The average molecular weight is 398 g/mol. The van der Waals surface area contributed by atoms with Crippen LogP contribution >= 0.6 is 11.3 Å². The molecule has 0 aliphatic rings. The average Bonchev–Trinajstić information content (AvgIpc) is 3.08. The third-order valence-corrected chi connectivity index (χ3v) is 5.45. The largest absolute Gasteiger partial charge is 0.465 e. The summed E-state index contributed by atoms with van der Waals surface area (Å²) in [6.45, 7) is 2.28. The smallest absolute Gasteiger partial charge is 0.338 e. The molecule has 28 heavy (non-hydrogen) atoms. The first-order valence-electron chi connectivity index (χ1n) is 8.67. The fraction of sp³-hybridized carbons (Fsp3) is 0.190. The van der Waals surface area contributed by atoms with Crippen LogP contribution in [0.4, 0.5) is 4.39 Å². The van der Waals surface area contributed by atoms with Gasteiger partial charge in [0.2, 0.25) is 0 Å². The van der Waals surface area contributed by atoms with Crippen molar-refractivity contribution in [2.75, 3.05) is 13.7 Å². The van der Waals surface area contributed by atoms with Gasteiger partial charge in [-0.3, -0.25) is 4.79 Å². The van der Waals surface area contributed by atoms with Crippen molar-refractivity contribution in [3.8, 4) is 10.6 Å². The fourth-order valence-corrected chi connectivity index (χ4v) is 3.82. The Balaban J connectivity index is 1.66. The molecule has 7 heteroatoms. The maximum atomic E-state index is 13.4. The van der Waals surface area contributed by atoms with Gasteiger partial charge in [0.1, 0.15) is 10.8 Å². The Morgan fingerprint density at radius 1 is 1.14 bits per heavy atom. The molecule has 2 aromatic carbocycles. The third kappa shape index (κ3) is 4.43.